The van der Waals surface area contributed by atoms with E-state index >= 15 is 0 Å². The summed E-state index contributed by atoms with van der Waals surface area (Å²) in [5, 5.41) is 14.9. The summed E-state index contributed by atoms with van der Waals surface area (Å²) in [5.74, 6) is 1.67. The Hall–Kier alpha value is -2.65. The lowest BCUT2D eigenvalue weighted by Gasteiger charge is -2.04. The third kappa shape index (κ3) is 2.39. The van der Waals surface area contributed by atoms with Crippen LogP contribution in [0.4, 0.5) is 0 Å². The Balaban J connectivity index is 1.99. The number of ether oxygens (including phenoxy) is 1. The second-order valence-corrected chi connectivity index (χ2v) is 5.30. The van der Waals surface area contributed by atoms with Crippen molar-refractivity contribution in [2.75, 3.05) is 7.11 Å². The van der Waals surface area contributed by atoms with Crippen molar-refractivity contribution in [2.24, 2.45) is 0 Å². The van der Waals surface area contributed by atoms with Gasteiger partial charge in [0.05, 0.1) is 12.7 Å². The Morgan fingerprint density at radius 2 is 2.19 bits per heavy atom. The van der Waals surface area contributed by atoms with Crippen molar-refractivity contribution in [3.8, 4) is 34.0 Å². The first-order valence-electron chi connectivity index (χ1n) is 6.19. The molecule has 0 amide bonds. The van der Waals surface area contributed by atoms with Crippen LogP contribution in [0, 0.1) is 18.3 Å². The molecule has 0 saturated heterocycles. The predicted molar refractivity (Wildman–Crippen MR) is 79.1 cm³/mol. The topological polar surface area (TPSA) is 71.9 Å². The van der Waals surface area contributed by atoms with Crippen molar-refractivity contribution in [3.05, 3.63) is 40.8 Å². The lowest BCUT2D eigenvalue weighted by molar-refractivity contribution is 0.411. The molecule has 2 heterocycles. The molecule has 0 atom stereocenters. The summed E-state index contributed by atoms with van der Waals surface area (Å²) in [5.41, 5.74) is 2.38. The Kier molecular flexibility index (Phi) is 3.42. The van der Waals surface area contributed by atoms with Gasteiger partial charge in [0, 0.05) is 5.56 Å². The third-order valence-electron chi connectivity index (χ3n) is 3.06. The molecule has 3 rings (SSSR count). The summed E-state index contributed by atoms with van der Waals surface area (Å²) in [6.45, 7) is 1.95. The van der Waals surface area contributed by atoms with Crippen LogP contribution in [0.3, 0.4) is 0 Å². The molecule has 0 aliphatic carbocycles. The molecule has 0 saturated carbocycles. The molecule has 5 nitrogen and oxygen atoms in total. The lowest BCUT2D eigenvalue weighted by Crippen LogP contribution is -1.88. The van der Waals surface area contributed by atoms with Gasteiger partial charge in [0.1, 0.15) is 16.7 Å². The monoisotopic (exact) mass is 297 g/mol. The summed E-state index contributed by atoms with van der Waals surface area (Å²) in [4.78, 5) is 5.06. The molecule has 0 aliphatic rings. The summed E-state index contributed by atoms with van der Waals surface area (Å²) in [6.07, 6.45) is 0. The summed E-state index contributed by atoms with van der Waals surface area (Å²) >= 11 is 1.41. The molecule has 0 fully saturated rings. The fraction of sp³-hybridized carbons (Fsp3) is 0.133. The maximum atomic E-state index is 9.04. The predicted octanol–water partition coefficient (Wildman–Crippen LogP) is 3.65. The largest absolute Gasteiger partial charge is 0.496 e. The Morgan fingerprint density at radius 1 is 1.33 bits per heavy atom. The van der Waals surface area contributed by atoms with Gasteiger partial charge in [-0.05, 0) is 42.1 Å². The first kappa shape index (κ1) is 13.3. The van der Waals surface area contributed by atoms with E-state index in [4.69, 9.17) is 14.5 Å². The summed E-state index contributed by atoms with van der Waals surface area (Å²) in [7, 11) is 1.63. The van der Waals surface area contributed by atoms with Crippen molar-refractivity contribution in [1.29, 1.82) is 5.26 Å². The number of aromatic nitrogens is 2. The van der Waals surface area contributed by atoms with E-state index in [9.17, 15) is 0 Å². The van der Waals surface area contributed by atoms with Crippen LogP contribution in [0.2, 0.25) is 0 Å². The van der Waals surface area contributed by atoms with Gasteiger partial charge >= 0.3 is 0 Å². The number of aryl methyl sites for hydroxylation is 1. The van der Waals surface area contributed by atoms with E-state index in [-0.39, 0.29) is 0 Å². The molecule has 21 heavy (non-hydrogen) atoms. The van der Waals surface area contributed by atoms with Crippen LogP contribution >= 0.6 is 11.3 Å². The van der Waals surface area contributed by atoms with Crippen molar-refractivity contribution < 1.29 is 9.26 Å². The molecule has 6 heteroatoms. The van der Waals surface area contributed by atoms with Crippen LogP contribution in [-0.4, -0.2) is 17.3 Å². The van der Waals surface area contributed by atoms with Gasteiger partial charge < -0.3 is 9.26 Å². The number of nitrogens with zero attached hydrogens (tertiary/aromatic N) is 3. The zero-order valence-corrected chi connectivity index (χ0v) is 12.3. The number of methoxy groups -OCH3 is 1. The average Bonchev–Trinajstić information content (AvgIpc) is 3.15. The fourth-order valence-electron chi connectivity index (χ4n) is 2.01. The van der Waals surface area contributed by atoms with Crippen LogP contribution in [0.5, 0.6) is 5.75 Å². The highest BCUT2D eigenvalue weighted by Gasteiger charge is 2.15. The van der Waals surface area contributed by atoms with E-state index in [0.29, 0.717) is 22.2 Å². The minimum Gasteiger partial charge on any atom is -0.496 e. The zero-order chi connectivity index (χ0) is 14.8. The number of benzene rings is 1. The normalized spacial score (nSPS) is 10.3. The minimum atomic E-state index is 0.366. The van der Waals surface area contributed by atoms with E-state index in [1.54, 1.807) is 13.2 Å². The molecule has 0 N–H and O–H groups in total. The van der Waals surface area contributed by atoms with Gasteiger partial charge in [-0.15, -0.1) is 11.3 Å². The molecule has 0 unspecified atom stereocenters. The molecular formula is C15H11N3O2S. The Morgan fingerprint density at radius 3 is 2.90 bits per heavy atom. The van der Waals surface area contributed by atoms with Gasteiger partial charge in [0.25, 0.3) is 5.89 Å². The maximum absolute atomic E-state index is 9.04. The molecule has 3 aromatic rings. The molecule has 0 spiro atoms. The van der Waals surface area contributed by atoms with Crippen LogP contribution in [0.1, 0.15) is 11.1 Å². The second kappa shape index (κ2) is 5.38. The van der Waals surface area contributed by atoms with Crippen LogP contribution in [-0.2, 0) is 0 Å². The Bertz CT molecular complexity index is 830. The zero-order valence-electron chi connectivity index (χ0n) is 11.5. The van der Waals surface area contributed by atoms with Gasteiger partial charge in [-0.25, -0.2) is 0 Å². The highest BCUT2D eigenvalue weighted by atomic mass is 32.1. The van der Waals surface area contributed by atoms with Gasteiger partial charge in [-0.1, -0.05) is 5.16 Å². The smallest absolute Gasteiger partial charge is 0.269 e. The van der Waals surface area contributed by atoms with Gasteiger partial charge in [-0.3, -0.25) is 0 Å². The number of nitriles is 1. The molecule has 0 aliphatic heterocycles. The minimum absolute atomic E-state index is 0.366. The van der Waals surface area contributed by atoms with Gasteiger partial charge in [0.15, 0.2) is 0 Å². The van der Waals surface area contributed by atoms with E-state index in [1.165, 1.54) is 11.3 Å². The van der Waals surface area contributed by atoms with Crippen molar-refractivity contribution in [2.45, 2.75) is 6.92 Å². The average molecular weight is 297 g/mol. The molecule has 1 aromatic carbocycles. The van der Waals surface area contributed by atoms with E-state index in [0.717, 1.165) is 16.9 Å². The quantitative estimate of drug-likeness (QED) is 0.737. The number of rotatable bonds is 3. The van der Waals surface area contributed by atoms with Crippen LogP contribution in [0.15, 0.2) is 34.2 Å². The van der Waals surface area contributed by atoms with Gasteiger partial charge in [0.2, 0.25) is 5.82 Å². The van der Waals surface area contributed by atoms with Crippen molar-refractivity contribution in [3.63, 3.8) is 0 Å². The molecule has 104 valence electrons. The van der Waals surface area contributed by atoms with E-state index in [2.05, 4.69) is 16.2 Å². The maximum Gasteiger partial charge on any atom is 0.269 e. The lowest BCUT2D eigenvalue weighted by atomic mass is 10.1. The van der Waals surface area contributed by atoms with Crippen molar-refractivity contribution in [1.82, 2.24) is 10.1 Å². The molecule has 0 bridgehead atoms. The first-order chi connectivity index (χ1) is 10.2. The summed E-state index contributed by atoms with van der Waals surface area (Å²) in [6, 6.07) is 9.53. The highest BCUT2D eigenvalue weighted by molar-refractivity contribution is 7.13. The van der Waals surface area contributed by atoms with E-state index in [1.807, 2.05) is 30.5 Å². The molecule has 2 aromatic heterocycles. The first-order valence-corrected chi connectivity index (χ1v) is 7.07. The van der Waals surface area contributed by atoms with Gasteiger partial charge in [-0.2, -0.15) is 10.2 Å². The number of thiophene rings is 1. The SMILES string of the molecule is COc1ccc(-c2noc(-c3sccc3C#N)n2)cc1C. The third-order valence-corrected chi connectivity index (χ3v) is 3.96. The molecular weight excluding hydrogens is 286 g/mol. The van der Waals surface area contributed by atoms with E-state index < -0.39 is 0 Å². The fourth-order valence-corrected chi connectivity index (χ4v) is 2.78. The number of hydrogen-bond donors (Lipinski definition) is 0. The highest BCUT2D eigenvalue weighted by Crippen LogP contribution is 2.30. The van der Waals surface area contributed by atoms with Crippen LogP contribution < -0.4 is 4.74 Å². The Labute approximate surface area is 125 Å². The van der Waals surface area contributed by atoms with Crippen LogP contribution in [0.25, 0.3) is 22.2 Å². The van der Waals surface area contributed by atoms with Crippen molar-refractivity contribution >= 4 is 11.3 Å². The second-order valence-electron chi connectivity index (χ2n) is 4.38. The molecule has 0 radical (unpaired) electrons. The summed E-state index contributed by atoms with van der Waals surface area (Å²) < 4.78 is 10.5. The number of hydrogen-bond acceptors (Lipinski definition) is 6. The standard InChI is InChI=1S/C15H11N3O2S/c1-9-7-10(3-4-12(9)19-2)14-17-15(20-18-14)13-11(8-16)5-6-21-13/h3-7H,1-2H3.